The van der Waals surface area contributed by atoms with Crippen molar-refractivity contribution in [2.75, 3.05) is 0 Å². The molecule has 1 aromatic rings. The first-order chi connectivity index (χ1) is 16.0. The highest BCUT2D eigenvalue weighted by atomic mass is 19.2. The Morgan fingerprint density at radius 1 is 0.848 bits per heavy atom. The van der Waals surface area contributed by atoms with Crippen molar-refractivity contribution < 1.29 is 13.2 Å². The average molecular weight is 458 g/mol. The molecule has 4 heteroatoms. The molecule has 2 saturated carbocycles. The van der Waals surface area contributed by atoms with Crippen LogP contribution in [0.5, 0.6) is 0 Å². The average Bonchev–Trinajstić information content (AvgIpc) is 2.84. The molecule has 0 radical (unpaired) electrons. The van der Waals surface area contributed by atoms with E-state index in [1.54, 1.807) is 12.1 Å². The maximum atomic E-state index is 13.5. The molecule has 0 amide bonds. The Balaban J connectivity index is 1.22. The van der Waals surface area contributed by atoms with Crippen LogP contribution < -0.4 is 0 Å². The zero-order valence-electron chi connectivity index (χ0n) is 19.8. The molecular formula is C29H38F3N. The summed E-state index contributed by atoms with van der Waals surface area (Å²) >= 11 is 0. The van der Waals surface area contributed by atoms with Gasteiger partial charge in [0.2, 0.25) is 0 Å². The predicted molar refractivity (Wildman–Crippen MR) is 128 cm³/mol. The van der Waals surface area contributed by atoms with Gasteiger partial charge in [0.1, 0.15) is 6.07 Å². The van der Waals surface area contributed by atoms with Crippen molar-refractivity contribution in [1.29, 1.82) is 5.26 Å². The maximum absolute atomic E-state index is 13.5. The number of rotatable bonds is 10. The van der Waals surface area contributed by atoms with Crippen LogP contribution in [-0.2, 0) is 0 Å². The van der Waals surface area contributed by atoms with Crippen LogP contribution >= 0.6 is 0 Å². The second-order valence-corrected chi connectivity index (χ2v) is 10.2. The van der Waals surface area contributed by atoms with Crippen LogP contribution in [0.3, 0.4) is 0 Å². The summed E-state index contributed by atoms with van der Waals surface area (Å²) in [6.45, 7) is 0. The Kier molecular flexibility index (Phi) is 10.6. The van der Waals surface area contributed by atoms with E-state index in [4.69, 9.17) is 5.26 Å². The Bertz CT molecular complexity index is 822. The second-order valence-electron chi connectivity index (χ2n) is 10.2. The van der Waals surface area contributed by atoms with Gasteiger partial charge >= 0.3 is 0 Å². The fourth-order valence-electron chi connectivity index (χ4n) is 5.84. The van der Waals surface area contributed by atoms with Gasteiger partial charge in [-0.2, -0.15) is 9.65 Å². The molecular weight excluding hydrogens is 419 g/mol. The molecule has 0 atom stereocenters. The van der Waals surface area contributed by atoms with Gasteiger partial charge in [-0.05, 0) is 86.0 Å². The topological polar surface area (TPSA) is 23.8 Å². The quantitative estimate of drug-likeness (QED) is 0.195. The highest BCUT2D eigenvalue weighted by molar-refractivity contribution is 5.22. The van der Waals surface area contributed by atoms with E-state index in [0.29, 0.717) is 5.92 Å². The standard InChI is InChI=1S/C29H38F3N/c30-27(21-33)9-3-1-2-6-22-10-12-23(13-11-22)7-4-5-8-24-14-16-25(17-15-24)26-18-19-28(31)29(32)20-26/h1,3,9,18-20,22-25H,2,4-8,10-17H2/t22-,23-,24-,25-. The lowest BCUT2D eigenvalue weighted by molar-refractivity contribution is 0.244. The zero-order valence-corrected chi connectivity index (χ0v) is 19.8. The molecule has 3 rings (SSSR count). The molecule has 0 aliphatic heterocycles. The largest absolute Gasteiger partial charge is 0.204 e. The maximum Gasteiger partial charge on any atom is 0.199 e. The number of unbranched alkanes of at least 4 members (excludes halogenated alkanes) is 1. The SMILES string of the molecule is N#CC(F)=CC=CCC[C@H]1CC[C@H](CCCC[C@H]2CC[C@H](c3ccc(F)c(F)c3)CC2)CC1. The summed E-state index contributed by atoms with van der Waals surface area (Å²) in [7, 11) is 0. The Morgan fingerprint density at radius 2 is 1.42 bits per heavy atom. The number of allylic oxidation sites excluding steroid dienone is 4. The summed E-state index contributed by atoms with van der Waals surface area (Å²) in [6, 6.07) is 5.89. The van der Waals surface area contributed by atoms with Gasteiger partial charge in [-0.1, -0.05) is 69.6 Å². The van der Waals surface area contributed by atoms with Crippen LogP contribution in [0.2, 0.25) is 0 Å². The molecule has 2 aliphatic carbocycles. The Labute approximate surface area is 197 Å². The first kappa shape index (κ1) is 25.6. The number of nitrogens with zero attached hydrogens (tertiary/aromatic N) is 1. The van der Waals surface area contributed by atoms with E-state index in [1.165, 1.54) is 94.9 Å². The molecule has 0 bridgehead atoms. The molecule has 0 aromatic heterocycles. The molecule has 1 nitrogen and oxygen atoms in total. The summed E-state index contributed by atoms with van der Waals surface area (Å²) in [5.74, 6) is 0.651. The second kappa shape index (κ2) is 13.6. The molecule has 0 N–H and O–H groups in total. The summed E-state index contributed by atoms with van der Waals surface area (Å²) in [5.41, 5.74) is 0.962. The smallest absolute Gasteiger partial charge is 0.199 e. The van der Waals surface area contributed by atoms with Gasteiger partial charge in [0, 0.05) is 0 Å². The van der Waals surface area contributed by atoms with Crippen LogP contribution in [-0.4, -0.2) is 0 Å². The van der Waals surface area contributed by atoms with Gasteiger partial charge in [-0.15, -0.1) is 0 Å². The normalized spacial score (nSPS) is 26.4. The minimum atomic E-state index is -0.753. The number of halogens is 3. The third kappa shape index (κ3) is 8.69. The first-order valence-corrected chi connectivity index (χ1v) is 12.9. The minimum absolute atomic E-state index is 0.386. The van der Waals surface area contributed by atoms with Crippen LogP contribution in [0.4, 0.5) is 13.2 Å². The molecule has 0 unspecified atom stereocenters. The third-order valence-electron chi connectivity index (χ3n) is 7.93. The number of benzene rings is 1. The van der Waals surface area contributed by atoms with Crippen molar-refractivity contribution in [2.24, 2.45) is 17.8 Å². The van der Waals surface area contributed by atoms with Crippen molar-refractivity contribution >= 4 is 0 Å². The molecule has 0 saturated heterocycles. The van der Waals surface area contributed by atoms with E-state index in [1.807, 2.05) is 6.08 Å². The van der Waals surface area contributed by atoms with Crippen molar-refractivity contribution in [2.45, 2.75) is 95.8 Å². The third-order valence-corrected chi connectivity index (χ3v) is 7.93. The fourth-order valence-corrected chi connectivity index (χ4v) is 5.84. The summed E-state index contributed by atoms with van der Waals surface area (Å²) in [4.78, 5) is 0. The van der Waals surface area contributed by atoms with Gasteiger partial charge in [-0.25, -0.2) is 8.78 Å². The van der Waals surface area contributed by atoms with Gasteiger partial charge in [0.25, 0.3) is 0 Å². The highest BCUT2D eigenvalue weighted by Crippen LogP contribution is 2.39. The molecule has 0 heterocycles. The molecule has 0 spiro atoms. The lowest BCUT2D eigenvalue weighted by Crippen LogP contribution is -2.15. The van der Waals surface area contributed by atoms with E-state index in [-0.39, 0.29) is 0 Å². The monoisotopic (exact) mass is 457 g/mol. The van der Waals surface area contributed by atoms with Crippen LogP contribution in [0.15, 0.2) is 42.3 Å². The molecule has 2 fully saturated rings. The van der Waals surface area contributed by atoms with Crippen LogP contribution in [0.1, 0.15) is 101 Å². The van der Waals surface area contributed by atoms with Gasteiger partial charge in [0.05, 0.1) is 0 Å². The predicted octanol–water partition coefficient (Wildman–Crippen LogP) is 9.32. The van der Waals surface area contributed by atoms with Gasteiger partial charge in [-0.3, -0.25) is 0 Å². The van der Waals surface area contributed by atoms with Gasteiger partial charge in [0.15, 0.2) is 17.5 Å². The van der Waals surface area contributed by atoms with E-state index in [9.17, 15) is 13.2 Å². The first-order valence-electron chi connectivity index (χ1n) is 12.9. The van der Waals surface area contributed by atoms with E-state index < -0.39 is 17.5 Å². The van der Waals surface area contributed by atoms with Gasteiger partial charge < -0.3 is 0 Å². The van der Waals surface area contributed by atoms with Crippen molar-refractivity contribution in [3.63, 3.8) is 0 Å². The van der Waals surface area contributed by atoms with E-state index in [2.05, 4.69) is 0 Å². The molecule has 180 valence electrons. The number of nitriles is 1. The van der Waals surface area contributed by atoms with Crippen molar-refractivity contribution in [3.05, 3.63) is 59.5 Å². The molecule has 2 aliphatic rings. The number of hydrogen-bond acceptors (Lipinski definition) is 1. The molecule has 1 aromatic carbocycles. The van der Waals surface area contributed by atoms with Crippen LogP contribution in [0.25, 0.3) is 0 Å². The lowest BCUT2D eigenvalue weighted by Gasteiger charge is -2.30. The lowest BCUT2D eigenvalue weighted by atomic mass is 9.76. The minimum Gasteiger partial charge on any atom is -0.204 e. The summed E-state index contributed by atoms with van der Waals surface area (Å²) in [5, 5.41) is 8.38. The van der Waals surface area contributed by atoms with Crippen molar-refractivity contribution in [1.82, 2.24) is 0 Å². The van der Waals surface area contributed by atoms with E-state index >= 15 is 0 Å². The fraction of sp³-hybridized carbons (Fsp3) is 0.621. The highest BCUT2D eigenvalue weighted by Gasteiger charge is 2.24. The zero-order chi connectivity index (χ0) is 23.5. The summed E-state index contributed by atoms with van der Waals surface area (Å²) in [6.07, 6.45) is 22.2. The van der Waals surface area contributed by atoms with Crippen LogP contribution in [0, 0.1) is 40.7 Å². The Morgan fingerprint density at radius 3 is 2.00 bits per heavy atom. The Hall–Kier alpha value is -2.02. The molecule has 33 heavy (non-hydrogen) atoms. The van der Waals surface area contributed by atoms with E-state index in [0.717, 1.165) is 42.6 Å². The number of hydrogen-bond donors (Lipinski definition) is 0. The van der Waals surface area contributed by atoms with Crippen molar-refractivity contribution in [3.8, 4) is 6.07 Å². The summed E-state index contributed by atoms with van der Waals surface area (Å²) < 4.78 is 39.4.